The van der Waals surface area contributed by atoms with Gasteiger partial charge in [0.05, 0.1) is 6.04 Å². The Morgan fingerprint density at radius 1 is 1.19 bits per heavy atom. The first kappa shape index (κ1) is 14.3. The van der Waals surface area contributed by atoms with E-state index in [9.17, 15) is 4.39 Å². The highest BCUT2D eigenvalue weighted by atomic mass is 79.9. The topological polar surface area (TPSA) is 51.2 Å². The van der Waals surface area contributed by atoms with E-state index in [0.29, 0.717) is 22.2 Å². The van der Waals surface area contributed by atoms with Crippen molar-refractivity contribution in [1.29, 1.82) is 0 Å². The van der Waals surface area contributed by atoms with Crippen molar-refractivity contribution in [3.63, 3.8) is 0 Å². The average Bonchev–Trinajstić information content (AvgIpc) is 2.90. The third-order valence-electron chi connectivity index (χ3n) is 3.43. The van der Waals surface area contributed by atoms with E-state index < -0.39 is 0 Å². The fourth-order valence-electron chi connectivity index (χ4n) is 2.32. The molecule has 1 unspecified atom stereocenters. The molecule has 0 fully saturated rings. The molecule has 1 atom stereocenters. The molecule has 0 saturated heterocycles. The summed E-state index contributed by atoms with van der Waals surface area (Å²) in [4.78, 5) is 0. The monoisotopic (exact) mass is 348 g/mol. The predicted molar refractivity (Wildman–Crippen MR) is 84.1 cm³/mol. The van der Waals surface area contributed by atoms with Gasteiger partial charge in [-0.2, -0.15) is 0 Å². The van der Waals surface area contributed by atoms with E-state index >= 15 is 0 Å². The van der Waals surface area contributed by atoms with Crippen LogP contribution in [0.3, 0.4) is 0 Å². The molecule has 0 aliphatic rings. The van der Waals surface area contributed by atoms with Gasteiger partial charge in [-0.3, -0.25) is 5.84 Å². The van der Waals surface area contributed by atoms with Gasteiger partial charge in [-0.05, 0) is 36.2 Å². The van der Waals surface area contributed by atoms with E-state index in [0.717, 1.165) is 11.0 Å². The number of halogens is 2. The largest absolute Gasteiger partial charge is 0.459 e. The highest BCUT2D eigenvalue weighted by molar-refractivity contribution is 9.10. The summed E-state index contributed by atoms with van der Waals surface area (Å²) in [5.41, 5.74) is 4.08. The highest BCUT2D eigenvalue weighted by Gasteiger charge is 2.17. The molecule has 0 bridgehead atoms. The minimum Gasteiger partial charge on any atom is -0.459 e. The number of nitrogens with two attached hydrogens (primary N) is 1. The van der Waals surface area contributed by atoms with Crippen LogP contribution in [0.1, 0.15) is 17.4 Å². The number of hydrazine groups is 1. The van der Waals surface area contributed by atoms with Gasteiger partial charge < -0.3 is 4.42 Å². The van der Waals surface area contributed by atoms with Gasteiger partial charge >= 0.3 is 0 Å². The Labute approximate surface area is 130 Å². The molecule has 108 valence electrons. The van der Waals surface area contributed by atoms with Crippen molar-refractivity contribution < 1.29 is 8.81 Å². The number of rotatable bonds is 4. The standard InChI is InChI=1S/C16H14BrFN2O/c17-12-6-5-10(13(18)9-12)7-14(20-19)16-8-11-3-1-2-4-15(11)21-16/h1-6,8-9,14,20H,7,19H2. The van der Waals surface area contributed by atoms with Gasteiger partial charge in [-0.15, -0.1) is 0 Å². The van der Waals surface area contributed by atoms with Crippen LogP contribution < -0.4 is 11.3 Å². The Balaban J connectivity index is 1.90. The van der Waals surface area contributed by atoms with Crippen LogP contribution in [0.25, 0.3) is 11.0 Å². The lowest BCUT2D eigenvalue weighted by Crippen LogP contribution is -2.29. The summed E-state index contributed by atoms with van der Waals surface area (Å²) in [6.45, 7) is 0. The van der Waals surface area contributed by atoms with Crippen molar-refractivity contribution in [2.45, 2.75) is 12.5 Å². The molecule has 5 heteroatoms. The van der Waals surface area contributed by atoms with Crippen molar-refractivity contribution in [2.24, 2.45) is 5.84 Å². The van der Waals surface area contributed by atoms with Gasteiger partial charge in [0.15, 0.2) is 0 Å². The number of hydrogen-bond donors (Lipinski definition) is 2. The van der Waals surface area contributed by atoms with E-state index in [4.69, 9.17) is 10.3 Å². The Kier molecular flexibility index (Phi) is 4.05. The van der Waals surface area contributed by atoms with E-state index in [1.807, 2.05) is 36.4 Å². The molecular weight excluding hydrogens is 335 g/mol. The van der Waals surface area contributed by atoms with Gasteiger partial charge in [-0.1, -0.05) is 40.2 Å². The second-order valence-corrected chi connectivity index (χ2v) is 5.76. The van der Waals surface area contributed by atoms with Crippen LogP contribution in [-0.4, -0.2) is 0 Å². The second kappa shape index (κ2) is 5.97. The van der Waals surface area contributed by atoms with Gasteiger partial charge in [-0.25, -0.2) is 9.82 Å². The summed E-state index contributed by atoms with van der Waals surface area (Å²) in [6, 6.07) is 14.4. The molecule has 21 heavy (non-hydrogen) atoms. The first-order valence-electron chi connectivity index (χ1n) is 6.56. The maximum atomic E-state index is 13.9. The molecular formula is C16H14BrFN2O. The number of furan rings is 1. The van der Waals surface area contributed by atoms with E-state index in [2.05, 4.69) is 21.4 Å². The Morgan fingerprint density at radius 2 is 2.00 bits per heavy atom. The van der Waals surface area contributed by atoms with Crippen molar-refractivity contribution >= 4 is 26.9 Å². The molecule has 3 rings (SSSR count). The molecule has 0 saturated carbocycles. The van der Waals surface area contributed by atoms with Crippen molar-refractivity contribution in [3.8, 4) is 0 Å². The van der Waals surface area contributed by atoms with E-state index in [1.54, 1.807) is 6.07 Å². The number of nitrogens with one attached hydrogen (secondary N) is 1. The SMILES string of the molecule is NNC(Cc1ccc(Br)cc1F)c1cc2ccccc2o1. The minimum absolute atomic E-state index is 0.263. The quantitative estimate of drug-likeness (QED) is 0.551. The van der Waals surface area contributed by atoms with Crippen LogP contribution in [-0.2, 0) is 6.42 Å². The highest BCUT2D eigenvalue weighted by Crippen LogP contribution is 2.27. The fraction of sp³-hybridized carbons (Fsp3) is 0.125. The summed E-state index contributed by atoms with van der Waals surface area (Å²) in [5.74, 6) is 6.04. The first-order chi connectivity index (χ1) is 10.2. The Hall–Kier alpha value is -1.69. The van der Waals surface area contributed by atoms with Crippen LogP contribution >= 0.6 is 15.9 Å². The van der Waals surface area contributed by atoms with Crippen molar-refractivity contribution in [2.75, 3.05) is 0 Å². The van der Waals surface area contributed by atoms with Crippen molar-refractivity contribution in [1.82, 2.24) is 5.43 Å². The zero-order valence-corrected chi connectivity index (χ0v) is 12.7. The molecule has 1 heterocycles. The predicted octanol–water partition coefficient (Wildman–Crippen LogP) is 4.08. The zero-order valence-electron chi connectivity index (χ0n) is 11.1. The minimum atomic E-state index is -0.284. The molecule has 0 aliphatic carbocycles. The Bertz CT molecular complexity index is 739. The first-order valence-corrected chi connectivity index (χ1v) is 7.35. The van der Waals surface area contributed by atoms with Crippen LogP contribution in [0.5, 0.6) is 0 Å². The smallest absolute Gasteiger partial charge is 0.134 e. The summed E-state index contributed by atoms with van der Waals surface area (Å²) >= 11 is 3.25. The van der Waals surface area contributed by atoms with Crippen LogP contribution in [0, 0.1) is 5.82 Å². The second-order valence-electron chi connectivity index (χ2n) is 4.85. The summed E-state index contributed by atoms with van der Waals surface area (Å²) in [5, 5.41) is 1.00. The lowest BCUT2D eigenvalue weighted by Gasteiger charge is -2.14. The summed E-state index contributed by atoms with van der Waals surface area (Å²) in [7, 11) is 0. The summed E-state index contributed by atoms with van der Waals surface area (Å²) in [6.07, 6.45) is 0.412. The lowest BCUT2D eigenvalue weighted by atomic mass is 10.0. The van der Waals surface area contributed by atoms with E-state index in [-0.39, 0.29) is 11.9 Å². The maximum Gasteiger partial charge on any atom is 0.134 e. The van der Waals surface area contributed by atoms with Crippen molar-refractivity contribution in [3.05, 3.63) is 70.1 Å². The Morgan fingerprint density at radius 3 is 2.71 bits per heavy atom. The third kappa shape index (κ3) is 3.00. The molecule has 0 aliphatic heterocycles. The van der Waals surface area contributed by atoms with Crippen LogP contribution in [0.15, 0.2) is 57.4 Å². The van der Waals surface area contributed by atoms with Gasteiger partial charge in [0.2, 0.25) is 0 Å². The fourth-order valence-corrected chi connectivity index (χ4v) is 2.66. The molecule has 0 spiro atoms. The number of benzene rings is 2. The van der Waals surface area contributed by atoms with Gasteiger partial charge in [0.25, 0.3) is 0 Å². The van der Waals surface area contributed by atoms with Crippen LogP contribution in [0.2, 0.25) is 0 Å². The molecule has 1 aromatic heterocycles. The number of hydrogen-bond acceptors (Lipinski definition) is 3. The maximum absolute atomic E-state index is 13.9. The molecule has 0 amide bonds. The molecule has 0 radical (unpaired) electrons. The zero-order chi connectivity index (χ0) is 14.8. The lowest BCUT2D eigenvalue weighted by molar-refractivity contribution is 0.429. The molecule has 3 aromatic rings. The number of fused-ring (bicyclic) bond motifs is 1. The van der Waals surface area contributed by atoms with Gasteiger partial charge in [0, 0.05) is 9.86 Å². The normalized spacial score (nSPS) is 12.7. The van der Waals surface area contributed by atoms with E-state index in [1.165, 1.54) is 6.07 Å². The van der Waals surface area contributed by atoms with Crippen LogP contribution in [0.4, 0.5) is 4.39 Å². The molecule has 3 N–H and O–H groups in total. The third-order valence-corrected chi connectivity index (χ3v) is 3.92. The molecule has 3 nitrogen and oxygen atoms in total. The van der Waals surface area contributed by atoms with Gasteiger partial charge in [0.1, 0.15) is 17.2 Å². The molecule has 2 aromatic carbocycles. The number of para-hydroxylation sites is 1. The summed E-state index contributed by atoms with van der Waals surface area (Å²) < 4.78 is 20.4. The average molecular weight is 349 g/mol.